The highest BCUT2D eigenvalue weighted by atomic mass is 35.5. The van der Waals surface area contributed by atoms with Gasteiger partial charge in [0.15, 0.2) is 0 Å². The summed E-state index contributed by atoms with van der Waals surface area (Å²) in [5, 5.41) is 0. The second-order valence-electron chi connectivity index (χ2n) is 4.80. The van der Waals surface area contributed by atoms with Gasteiger partial charge in [0.05, 0.1) is 17.1 Å². The molecule has 3 aromatic rings. The van der Waals surface area contributed by atoms with E-state index in [4.69, 9.17) is 11.6 Å². The van der Waals surface area contributed by atoms with E-state index < -0.39 is 11.7 Å². The Morgan fingerprint density at radius 2 is 1.91 bits per heavy atom. The van der Waals surface area contributed by atoms with Gasteiger partial charge in [0.2, 0.25) is 0 Å². The number of rotatable bonds is 1. The number of hydrogen-bond donors (Lipinski definition) is 0. The number of fused-ring (bicyclic) bond motifs is 1. The van der Waals surface area contributed by atoms with Crippen molar-refractivity contribution in [2.24, 2.45) is 0 Å². The van der Waals surface area contributed by atoms with Crippen LogP contribution in [0.5, 0.6) is 0 Å². The number of alkyl halides is 4. The largest absolute Gasteiger partial charge is 0.416 e. The zero-order valence-corrected chi connectivity index (χ0v) is 12.5. The molecule has 0 fully saturated rings. The zero-order chi connectivity index (χ0) is 16.4. The highest BCUT2D eigenvalue weighted by Crippen LogP contribution is 2.29. The van der Waals surface area contributed by atoms with Crippen molar-refractivity contribution in [1.29, 1.82) is 0 Å². The SMILES string of the molecule is FC(F)(F)c1cccc(C#Cc2c(CCl)nc3ccccn23)c1. The number of hydrogen-bond acceptors (Lipinski definition) is 1. The second-order valence-corrected chi connectivity index (χ2v) is 5.07. The van der Waals surface area contributed by atoms with E-state index in [-0.39, 0.29) is 11.4 Å². The van der Waals surface area contributed by atoms with E-state index in [1.54, 1.807) is 10.6 Å². The maximum atomic E-state index is 12.7. The van der Waals surface area contributed by atoms with E-state index in [9.17, 15) is 13.2 Å². The molecule has 0 amide bonds. The fourth-order valence-corrected chi connectivity index (χ4v) is 2.36. The first-order valence-corrected chi connectivity index (χ1v) is 7.23. The molecule has 0 aliphatic rings. The lowest BCUT2D eigenvalue weighted by Gasteiger charge is -2.05. The van der Waals surface area contributed by atoms with Gasteiger partial charge in [-0.05, 0) is 36.3 Å². The molecule has 23 heavy (non-hydrogen) atoms. The van der Waals surface area contributed by atoms with Crippen molar-refractivity contribution in [3.05, 3.63) is 71.2 Å². The van der Waals surface area contributed by atoms with Crippen LogP contribution in [-0.4, -0.2) is 9.38 Å². The number of halogens is 4. The van der Waals surface area contributed by atoms with Gasteiger partial charge in [-0.2, -0.15) is 13.2 Å². The Balaban J connectivity index is 2.06. The molecule has 2 heterocycles. The first-order valence-electron chi connectivity index (χ1n) is 6.70. The first-order chi connectivity index (χ1) is 11.0. The van der Waals surface area contributed by atoms with E-state index in [1.165, 1.54) is 12.1 Å². The van der Waals surface area contributed by atoms with Gasteiger partial charge in [-0.15, -0.1) is 11.6 Å². The van der Waals surface area contributed by atoms with Crippen LogP contribution in [-0.2, 0) is 12.1 Å². The fraction of sp³-hybridized carbons (Fsp3) is 0.118. The lowest BCUT2D eigenvalue weighted by atomic mass is 10.1. The Labute approximate surface area is 135 Å². The Morgan fingerprint density at radius 1 is 1.09 bits per heavy atom. The van der Waals surface area contributed by atoms with E-state index in [0.29, 0.717) is 17.0 Å². The van der Waals surface area contributed by atoms with E-state index in [1.807, 2.05) is 18.2 Å². The third-order valence-electron chi connectivity index (χ3n) is 3.24. The van der Waals surface area contributed by atoms with Crippen molar-refractivity contribution in [2.45, 2.75) is 12.1 Å². The lowest BCUT2D eigenvalue weighted by Crippen LogP contribution is -2.04. The van der Waals surface area contributed by atoms with Crippen LogP contribution >= 0.6 is 11.6 Å². The van der Waals surface area contributed by atoms with Crippen LogP contribution in [0.25, 0.3) is 5.65 Å². The number of pyridine rings is 1. The molecule has 0 aliphatic carbocycles. The minimum atomic E-state index is -4.39. The Bertz CT molecular complexity index is 917. The maximum absolute atomic E-state index is 12.7. The monoisotopic (exact) mass is 334 g/mol. The molecule has 0 bridgehead atoms. The van der Waals surface area contributed by atoms with Crippen LogP contribution in [0.2, 0.25) is 0 Å². The molecule has 2 aromatic heterocycles. The van der Waals surface area contributed by atoms with Crippen LogP contribution in [0.15, 0.2) is 48.7 Å². The van der Waals surface area contributed by atoms with Crippen molar-refractivity contribution < 1.29 is 13.2 Å². The number of imidazole rings is 1. The van der Waals surface area contributed by atoms with E-state index >= 15 is 0 Å². The molecule has 0 aliphatic heterocycles. The summed E-state index contributed by atoms with van der Waals surface area (Å²) in [6, 6.07) is 10.4. The Hall–Kier alpha value is -2.45. The average Bonchev–Trinajstić information content (AvgIpc) is 2.90. The molecule has 0 N–H and O–H groups in total. The molecule has 0 radical (unpaired) electrons. The fourth-order valence-electron chi connectivity index (χ4n) is 2.17. The lowest BCUT2D eigenvalue weighted by molar-refractivity contribution is -0.137. The molecule has 2 nitrogen and oxygen atoms in total. The van der Waals surface area contributed by atoms with Crippen LogP contribution in [0.3, 0.4) is 0 Å². The summed E-state index contributed by atoms with van der Waals surface area (Å²) in [5.41, 5.74) is 1.42. The molecule has 0 saturated heterocycles. The smallest absolute Gasteiger partial charge is 0.293 e. The molecular formula is C17H10ClF3N2. The van der Waals surface area contributed by atoms with Crippen LogP contribution in [0, 0.1) is 11.8 Å². The quantitative estimate of drug-likeness (QED) is 0.473. The summed E-state index contributed by atoms with van der Waals surface area (Å²) >= 11 is 5.88. The minimum Gasteiger partial charge on any atom is -0.293 e. The van der Waals surface area contributed by atoms with Crippen molar-refractivity contribution >= 4 is 17.2 Å². The molecule has 3 rings (SSSR count). The van der Waals surface area contributed by atoms with E-state index in [2.05, 4.69) is 16.8 Å². The van der Waals surface area contributed by atoms with Crippen molar-refractivity contribution in [3.8, 4) is 11.8 Å². The maximum Gasteiger partial charge on any atom is 0.416 e. The normalized spacial score (nSPS) is 11.3. The van der Waals surface area contributed by atoms with Crippen molar-refractivity contribution in [3.63, 3.8) is 0 Å². The summed E-state index contributed by atoms with van der Waals surface area (Å²) in [6.07, 6.45) is -2.60. The summed E-state index contributed by atoms with van der Waals surface area (Å²) in [6.45, 7) is 0. The molecule has 6 heteroatoms. The minimum absolute atomic E-state index is 0.175. The topological polar surface area (TPSA) is 17.3 Å². The van der Waals surface area contributed by atoms with Gasteiger partial charge >= 0.3 is 6.18 Å². The van der Waals surface area contributed by atoms with Gasteiger partial charge in [-0.3, -0.25) is 4.40 Å². The van der Waals surface area contributed by atoms with E-state index in [0.717, 1.165) is 12.1 Å². The Morgan fingerprint density at radius 3 is 2.65 bits per heavy atom. The van der Waals surface area contributed by atoms with Gasteiger partial charge in [-0.1, -0.05) is 18.1 Å². The standard InChI is InChI=1S/C17H10ClF3N2/c18-11-14-15(23-9-2-1-6-16(23)22-14)8-7-12-4-3-5-13(10-12)17(19,20)21/h1-6,9-10H,11H2. The molecule has 0 spiro atoms. The number of benzene rings is 1. The molecule has 0 atom stereocenters. The average molecular weight is 335 g/mol. The van der Waals surface area contributed by atoms with Crippen LogP contribution in [0.4, 0.5) is 13.2 Å². The number of aromatic nitrogens is 2. The van der Waals surface area contributed by atoms with Gasteiger partial charge in [0.25, 0.3) is 0 Å². The third kappa shape index (κ3) is 3.17. The first kappa shape index (κ1) is 15.4. The van der Waals surface area contributed by atoms with Gasteiger partial charge in [0.1, 0.15) is 11.3 Å². The third-order valence-corrected chi connectivity index (χ3v) is 3.50. The summed E-state index contributed by atoms with van der Waals surface area (Å²) in [7, 11) is 0. The van der Waals surface area contributed by atoms with Crippen LogP contribution < -0.4 is 0 Å². The predicted molar refractivity (Wildman–Crippen MR) is 82.2 cm³/mol. The second kappa shape index (κ2) is 5.98. The zero-order valence-electron chi connectivity index (χ0n) is 11.7. The molecule has 1 aromatic carbocycles. The highest BCUT2D eigenvalue weighted by molar-refractivity contribution is 6.17. The highest BCUT2D eigenvalue weighted by Gasteiger charge is 2.30. The van der Waals surface area contributed by atoms with Crippen molar-refractivity contribution in [2.75, 3.05) is 0 Å². The molecule has 116 valence electrons. The van der Waals surface area contributed by atoms with Crippen LogP contribution in [0.1, 0.15) is 22.5 Å². The molecule has 0 saturated carbocycles. The Kier molecular flexibility index (Phi) is 4.01. The van der Waals surface area contributed by atoms with Gasteiger partial charge < -0.3 is 0 Å². The number of nitrogens with zero attached hydrogens (tertiary/aromatic N) is 2. The summed E-state index contributed by atoms with van der Waals surface area (Å²) in [5.74, 6) is 5.81. The summed E-state index contributed by atoms with van der Waals surface area (Å²) in [4.78, 5) is 4.35. The molecular weight excluding hydrogens is 325 g/mol. The predicted octanol–water partition coefficient (Wildman–Crippen LogP) is 4.49. The van der Waals surface area contributed by atoms with Gasteiger partial charge in [0, 0.05) is 11.8 Å². The summed E-state index contributed by atoms with van der Waals surface area (Å²) < 4.78 is 39.9. The van der Waals surface area contributed by atoms with Crippen molar-refractivity contribution in [1.82, 2.24) is 9.38 Å². The molecule has 0 unspecified atom stereocenters. The van der Waals surface area contributed by atoms with Gasteiger partial charge in [-0.25, -0.2) is 4.98 Å².